The van der Waals surface area contributed by atoms with Crippen LogP contribution in [0.4, 0.5) is 0 Å². The van der Waals surface area contributed by atoms with Crippen molar-refractivity contribution in [3.8, 4) is 11.5 Å². The zero-order valence-electron chi connectivity index (χ0n) is 13.1. The van der Waals surface area contributed by atoms with Crippen LogP contribution in [0.15, 0.2) is 39.9 Å². The lowest BCUT2D eigenvalue weighted by molar-refractivity contribution is -0.123. The van der Waals surface area contributed by atoms with Gasteiger partial charge >= 0.3 is 0 Å². The van der Waals surface area contributed by atoms with E-state index in [0.29, 0.717) is 9.32 Å². The van der Waals surface area contributed by atoms with E-state index in [1.165, 1.54) is 6.21 Å². The van der Waals surface area contributed by atoms with Gasteiger partial charge in [0.05, 0.1) is 9.78 Å². The molecule has 0 aliphatic heterocycles. The second kappa shape index (κ2) is 8.48. The number of aromatic hydroxyl groups is 1. The third-order valence-corrected chi connectivity index (χ3v) is 4.47. The minimum Gasteiger partial charge on any atom is -0.507 e. The summed E-state index contributed by atoms with van der Waals surface area (Å²) in [5.74, 6) is 0.567. The number of rotatable bonds is 5. The monoisotopic (exact) mass is 502 g/mol. The van der Waals surface area contributed by atoms with Crippen molar-refractivity contribution in [2.24, 2.45) is 5.10 Å². The summed E-state index contributed by atoms with van der Waals surface area (Å²) in [5, 5.41) is 13.3. The van der Waals surface area contributed by atoms with Crippen molar-refractivity contribution in [1.82, 2.24) is 5.43 Å². The van der Waals surface area contributed by atoms with Crippen LogP contribution in [-0.4, -0.2) is 23.8 Å². The number of ether oxygens (including phenoxy) is 1. The summed E-state index contributed by atoms with van der Waals surface area (Å²) in [6.45, 7) is 3.74. The molecule has 2 aromatic carbocycles. The van der Waals surface area contributed by atoms with Crippen LogP contribution in [0.25, 0.3) is 0 Å². The lowest BCUT2D eigenvalue weighted by Gasteiger charge is -2.11. The largest absolute Gasteiger partial charge is 0.507 e. The minimum atomic E-state index is -0.346. The van der Waals surface area contributed by atoms with Gasteiger partial charge in [-0.1, -0.05) is 15.9 Å². The molecule has 0 aromatic heterocycles. The quantitative estimate of drug-likeness (QED) is 0.370. The molecular weight excluding hydrogens is 487 g/mol. The Balaban J connectivity index is 1.90. The van der Waals surface area contributed by atoms with Crippen molar-refractivity contribution < 1.29 is 14.6 Å². The molecule has 0 aliphatic carbocycles. The molecule has 0 radical (unpaired) electrons. The molecule has 2 aromatic rings. The first-order chi connectivity index (χ1) is 11.4. The van der Waals surface area contributed by atoms with Crippen molar-refractivity contribution in [1.29, 1.82) is 0 Å². The van der Waals surface area contributed by atoms with Gasteiger partial charge in [-0.15, -0.1) is 0 Å². The molecule has 0 spiro atoms. The molecule has 0 unspecified atom stereocenters. The molecule has 2 N–H and O–H groups in total. The highest BCUT2D eigenvalue weighted by molar-refractivity contribution is 14.1. The standard InChI is InChI=1S/C17H16BrIN2O3/c1-10-5-13(18)6-11(2)17(10)24-9-16(23)21-20-8-12-3-4-15(22)14(19)7-12/h3-8,22H,9H2,1-2H3,(H,21,23)/b20-8-. The molecule has 0 fully saturated rings. The normalized spacial score (nSPS) is 10.8. The van der Waals surface area contributed by atoms with Gasteiger partial charge in [-0.05, 0) is 83.5 Å². The fraction of sp³-hybridized carbons (Fsp3) is 0.176. The van der Waals surface area contributed by atoms with Crippen molar-refractivity contribution >= 4 is 50.6 Å². The Hall–Kier alpha value is -1.61. The van der Waals surface area contributed by atoms with E-state index in [2.05, 4.69) is 26.5 Å². The summed E-state index contributed by atoms with van der Waals surface area (Å²) in [6, 6.07) is 8.91. The predicted octanol–water partition coefficient (Wildman–Crippen LogP) is 3.91. The van der Waals surface area contributed by atoms with Gasteiger partial charge in [0, 0.05) is 4.47 Å². The summed E-state index contributed by atoms with van der Waals surface area (Å²) in [5.41, 5.74) is 5.10. The molecule has 24 heavy (non-hydrogen) atoms. The van der Waals surface area contributed by atoms with Gasteiger partial charge in [-0.25, -0.2) is 5.43 Å². The Kier molecular flexibility index (Phi) is 6.61. The van der Waals surface area contributed by atoms with Gasteiger partial charge < -0.3 is 9.84 Å². The molecule has 126 valence electrons. The molecule has 7 heteroatoms. The number of hydrogen-bond acceptors (Lipinski definition) is 4. The molecule has 0 bridgehead atoms. The molecule has 0 aliphatic rings. The van der Waals surface area contributed by atoms with E-state index in [1.807, 2.05) is 48.6 Å². The molecule has 1 amide bonds. The predicted molar refractivity (Wildman–Crippen MR) is 106 cm³/mol. The van der Waals surface area contributed by atoms with Crippen LogP contribution in [0, 0.1) is 17.4 Å². The second-order valence-corrected chi connectivity index (χ2v) is 7.24. The summed E-state index contributed by atoms with van der Waals surface area (Å²) in [6.07, 6.45) is 1.51. The summed E-state index contributed by atoms with van der Waals surface area (Å²) in [4.78, 5) is 11.8. The Labute approximate surface area is 162 Å². The first-order valence-corrected chi connectivity index (χ1v) is 8.94. The number of nitrogens with zero attached hydrogens (tertiary/aromatic N) is 1. The summed E-state index contributed by atoms with van der Waals surface area (Å²) in [7, 11) is 0. The Morgan fingerprint density at radius 1 is 1.33 bits per heavy atom. The van der Waals surface area contributed by atoms with E-state index in [-0.39, 0.29) is 18.3 Å². The molecule has 2 rings (SSSR count). The van der Waals surface area contributed by atoms with E-state index in [9.17, 15) is 9.90 Å². The summed E-state index contributed by atoms with van der Waals surface area (Å²) >= 11 is 5.44. The van der Waals surface area contributed by atoms with E-state index in [0.717, 1.165) is 21.2 Å². The average molecular weight is 503 g/mol. The number of amides is 1. The Morgan fingerprint density at radius 2 is 2.00 bits per heavy atom. The molecule has 0 atom stereocenters. The fourth-order valence-corrected chi connectivity index (χ4v) is 3.30. The van der Waals surface area contributed by atoms with Gasteiger partial charge in [0.25, 0.3) is 5.91 Å². The zero-order chi connectivity index (χ0) is 17.7. The number of hydrogen-bond donors (Lipinski definition) is 2. The maximum absolute atomic E-state index is 11.8. The summed E-state index contributed by atoms with van der Waals surface area (Å²) < 4.78 is 7.27. The maximum atomic E-state index is 11.8. The number of phenols is 1. The first kappa shape index (κ1) is 18.7. The van der Waals surface area contributed by atoms with Gasteiger partial charge in [0.1, 0.15) is 11.5 Å². The lowest BCUT2D eigenvalue weighted by Crippen LogP contribution is -2.25. The van der Waals surface area contributed by atoms with Crippen molar-refractivity contribution in [3.63, 3.8) is 0 Å². The van der Waals surface area contributed by atoms with Crippen LogP contribution in [-0.2, 0) is 4.79 Å². The number of aryl methyl sites for hydroxylation is 2. The van der Waals surface area contributed by atoms with Gasteiger partial charge in [0.15, 0.2) is 6.61 Å². The number of benzene rings is 2. The molecule has 5 nitrogen and oxygen atoms in total. The Bertz CT molecular complexity index is 770. The third kappa shape index (κ3) is 5.20. The van der Waals surface area contributed by atoms with Crippen LogP contribution >= 0.6 is 38.5 Å². The molecule has 0 heterocycles. The van der Waals surface area contributed by atoms with Crippen LogP contribution in [0.3, 0.4) is 0 Å². The van der Waals surface area contributed by atoms with Gasteiger partial charge in [-0.2, -0.15) is 5.10 Å². The Morgan fingerprint density at radius 3 is 2.62 bits per heavy atom. The van der Waals surface area contributed by atoms with Gasteiger partial charge in [-0.3, -0.25) is 4.79 Å². The fourth-order valence-electron chi connectivity index (χ4n) is 2.08. The second-order valence-electron chi connectivity index (χ2n) is 5.16. The zero-order valence-corrected chi connectivity index (χ0v) is 16.9. The van der Waals surface area contributed by atoms with Crippen molar-refractivity contribution in [2.75, 3.05) is 6.61 Å². The number of carbonyl (C=O) groups excluding carboxylic acids is 1. The van der Waals surface area contributed by atoms with E-state index in [4.69, 9.17) is 4.74 Å². The molecular formula is C17H16BrIN2O3. The van der Waals surface area contributed by atoms with Crippen molar-refractivity contribution in [2.45, 2.75) is 13.8 Å². The van der Waals surface area contributed by atoms with Crippen LogP contribution < -0.4 is 10.2 Å². The van der Waals surface area contributed by atoms with Crippen molar-refractivity contribution in [3.05, 3.63) is 55.1 Å². The lowest BCUT2D eigenvalue weighted by atomic mass is 10.1. The number of phenolic OH excluding ortho intramolecular Hbond substituents is 1. The number of hydrazone groups is 1. The average Bonchev–Trinajstić information content (AvgIpc) is 2.49. The molecule has 0 saturated carbocycles. The number of nitrogens with one attached hydrogen (secondary N) is 1. The minimum absolute atomic E-state index is 0.117. The highest BCUT2D eigenvalue weighted by atomic mass is 127. The van der Waals surface area contributed by atoms with E-state index >= 15 is 0 Å². The SMILES string of the molecule is Cc1cc(Br)cc(C)c1OCC(=O)N/N=C\c1ccc(O)c(I)c1. The first-order valence-electron chi connectivity index (χ1n) is 7.07. The number of halogens is 2. The van der Waals surface area contributed by atoms with E-state index < -0.39 is 0 Å². The van der Waals surface area contributed by atoms with Crippen LogP contribution in [0.1, 0.15) is 16.7 Å². The molecule has 0 saturated heterocycles. The van der Waals surface area contributed by atoms with E-state index in [1.54, 1.807) is 18.2 Å². The topological polar surface area (TPSA) is 70.9 Å². The van der Waals surface area contributed by atoms with Crippen LogP contribution in [0.2, 0.25) is 0 Å². The highest BCUT2D eigenvalue weighted by Crippen LogP contribution is 2.27. The number of carbonyl (C=O) groups is 1. The highest BCUT2D eigenvalue weighted by Gasteiger charge is 2.08. The van der Waals surface area contributed by atoms with Crippen LogP contribution in [0.5, 0.6) is 11.5 Å². The third-order valence-electron chi connectivity index (χ3n) is 3.15. The van der Waals surface area contributed by atoms with Gasteiger partial charge in [0.2, 0.25) is 0 Å². The maximum Gasteiger partial charge on any atom is 0.277 e. The smallest absolute Gasteiger partial charge is 0.277 e.